The van der Waals surface area contributed by atoms with Crippen LogP contribution in [0.3, 0.4) is 0 Å². The van der Waals surface area contributed by atoms with Crippen molar-refractivity contribution in [3.8, 4) is 0 Å². The smallest absolute Gasteiger partial charge is 0.125 e. The van der Waals surface area contributed by atoms with Gasteiger partial charge in [0.15, 0.2) is 0 Å². The van der Waals surface area contributed by atoms with Crippen molar-refractivity contribution in [2.45, 2.75) is 13.8 Å². The van der Waals surface area contributed by atoms with Gasteiger partial charge in [-0.15, -0.1) is 0 Å². The Kier molecular flexibility index (Phi) is 4.97. The zero-order valence-electron chi connectivity index (χ0n) is 8.89. The molecular formula is C11H18O2. The van der Waals surface area contributed by atoms with Gasteiger partial charge in [0, 0.05) is 6.08 Å². The fourth-order valence-corrected chi connectivity index (χ4v) is 0.772. The summed E-state index contributed by atoms with van der Waals surface area (Å²) in [4.78, 5) is 0. The lowest BCUT2D eigenvalue weighted by atomic mass is 10.0. The maximum Gasteiger partial charge on any atom is 0.125 e. The van der Waals surface area contributed by atoms with E-state index in [2.05, 4.69) is 27.0 Å². The molecule has 13 heavy (non-hydrogen) atoms. The summed E-state index contributed by atoms with van der Waals surface area (Å²) in [6.45, 7) is 11.7. The summed E-state index contributed by atoms with van der Waals surface area (Å²) in [5, 5.41) is 0. The number of methoxy groups -OCH3 is 2. The van der Waals surface area contributed by atoms with Gasteiger partial charge in [-0.2, -0.15) is 0 Å². The average molecular weight is 182 g/mol. The van der Waals surface area contributed by atoms with Gasteiger partial charge >= 0.3 is 0 Å². The number of hydrogen-bond donors (Lipinski definition) is 0. The Morgan fingerprint density at radius 2 is 1.69 bits per heavy atom. The van der Waals surface area contributed by atoms with E-state index in [1.165, 1.54) is 0 Å². The number of hydrogen-bond acceptors (Lipinski definition) is 2. The van der Waals surface area contributed by atoms with Crippen LogP contribution in [0.15, 0.2) is 36.3 Å². The number of rotatable bonds is 5. The van der Waals surface area contributed by atoms with Gasteiger partial charge < -0.3 is 9.47 Å². The molecule has 0 aliphatic heterocycles. The van der Waals surface area contributed by atoms with E-state index >= 15 is 0 Å². The standard InChI is InChI=1S/C11H18O2/c1-8(2)10(4)11(13-6)7-9(3)12-5/h7-8H,3-4H2,1-2,5-6H3. The van der Waals surface area contributed by atoms with Crippen LogP contribution in [0.25, 0.3) is 0 Å². The third kappa shape index (κ3) is 3.83. The highest BCUT2D eigenvalue weighted by Crippen LogP contribution is 2.19. The van der Waals surface area contributed by atoms with Crippen LogP contribution in [0.4, 0.5) is 0 Å². The third-order valence-electron chi connectivity index (χ3n) is 1.79. The van der Waals surface area contributed by atoms with Gasteiger partial charge in [0.25, 0.3) is 0 Å². The largest absolute Gasteiger partial charge is 0.497 e. The van der Waals surface area contributed by atoms with E-state index in [1.807, 2.05) is 0 Å². The second kappa shape index (κ2) is 5.46. The molecule has 0 atom stereocenters. The number of ether oxygens (including phenoxy) is 2. The molecule has 74 valence electrons. The molecule has 0 aliphatic rings. The molecule has 0 aliphatic carbocycles. The van der Waals surface area contributed by atoms with Crippen LogP contribution >= 0.6 is 0 Å². The molecule has 0 spiro atoms. The average Bonchev–Trinajstić information content (AvgIpc) is 2.12. The van der Waals surface area contributed by atoms with Gasteiger partial charge in [0.1, 0.15) is 11.5 Å². The highest BCUT2D eigenvalue weighted by molar-refractivity contribution is 5.29. The highest BCUT2D eigenvalue weighted by atomic mass is 16.5. The topological polar surface area (TPSA) is 18.5 Å². The minimum absolute atomic E-state index is 0.357. The van der Waals surface area contributed by atoms with Crippen molar-refractivity contribution in [2.75, 3.05) is 14.2 Å². The third-order valence-corrected chi connectivity index (χ3v) is 1.79. The van der Waals surface area contributed by atoms with Crippen molar-refractivity contribution in [2.24, 2.45) is 5.92 Å². The van der Waals surface area contributed by atoms with Gasteiger partial charge in [-0.25, -0.2) is 0 Å². The SMILES string of the molecule is C=C(C=C(OC)C(=C)C(C)C)OC. The van der Waals surface area contributed by atoms with Gasteiger partial charge in [-0.3, -0.25) is 0 Å². The fraction of sp³-hybridized carbons (Fsp3) is 0.455. The normalized spacial score (nSPS) is 11.3. The molecule has 0 unspecified atom stereocenters. The zero-order chi connectivity index (χ0) is 10.4. The minimum Gasteiger partial charge on any atom is -0.497 e. The Balaban J connectivity index is 4.59. The Labute approximate surface area is 80.5 Å². The summed E-state index contributed by atoms with van der Waals surface area (Å²) in [5.41, 5.74) is 0.945. The van der Waals surface area contributed by atoms with E-state index in [-0.39, 0.29) is 0 Å². The summed E-state index contributed by atoms with van der Waals surface area (Å²) in [7, 11) is 3.19. The van der Waals surface area contributed by atoms with Gasteiger partial charge in [0.2, 0.25) is 0 Å². The molecule has 0 amide bonds. The summed E-state index contributed by atoms with van der Waals surface area (Å²) in [5.74, 6) is 1.65. The van der Waals surface area contributed by atoms with Gasteiger partial charge in [-0.1, -0.05) is 27.0 Å². The quantitative estimate of drug-likeness (QED) is 0.481. The van der Waals surface area contributed by atoms with Crippen LogP contribution in [0.5, 0.6) is 0 Å². The highest BCUT2D eigenvalue weighted by Gasteiger charge is 2.07. The van der Waals surface area contributed by atoms with Crippen molar-refractivity contribution in [1.29, 1.82) is 0 Å². The van der Waals surface area contributed by atoms with Crippen molar-refractivity contribution in [3.05, 3.63) is 36.3 Å². The Hall–Kier alpha value is -1.18. The molecule has 0 saturated heterocycles. The van der Waals surface area contributed by atoms with Crippen LogP contribution in [-0.2, 0) is 9.47 Å². The van der Waals surface area contributed by atoms with E-state index in [1.54, 1.807) is 20.3 Å². The van der Waals surface area contributed by atoms with Crippen LogP contribution < -0.4 is 0 Å². The van der Waals surface area contributed by atoms with Crippen molar-refractivity contribution < 1.29 is 9.47 Å². The minimum atomic E-state index is 0.357. The van der Waals surface area contributed by atoms with E-state index in [9.17, 15) is 0 Å². The molecule has 0 heterocycles. The molecule has 2 nitrogen and oxygen atoms in total. The van der Waals surface area contributed by atoms with Crippen LogP contribution in [0.2, 0.25) is 0 Å². The maximum atomic E-state index is 5.17. The van der Waals surface area contributed by atoms with Crippen molar-refractivity contribution >= 4 is 0 Å². The van der Waals surface area contributed by atoms with Gasteiger partial charge in [0.05, 0.1) is 14.2 Å². The van der Waals surface area contributed by atoms with Crippen LogP contribution in [-0.4, -0.2) is 14.2 Å². The van der Waals surface area contributed by atoms with Crippen LogP contribution in [0.1, 0.15) is 13.8 Å². The molecule has 0 radical (unpaired) electrons. The predicted octanol–water partition coefficient (Wildman–Crippen LogP) is 2.89. The molecule has 0 rings (SSSR count). The van der Waals surface area contributed by atoms with Crippen LogP contribution in [0, 0.1) is 5.92 Å². The summed E-state index contributed by atoms with van der Waals surface area (Å²) in [6.07, 6.45) is 1.74. The fourth-order valence-electron chi connectivity index (χ4n) is 0.772. The van der Waals surface area contributed by atoms with E-state index in [0.29, 0.717) is 11.7 Å². The lowest BCUT2D eigenvalue weighted by Gasteiger charge is -2.12. The molecule has 0 N–H and O–H groups in total. The second-order valence-corrected chi connectivity index (χ2v) is 3.06. The first-order chi connectivity index (χ1) is 6.02. The summed E-state index contributed by atoms with van der Waals surface area (Å²) < 4.78 is 10.1. The lowest BCUT2D eigenvalue weighted by Crippen LogP contribution is -1.99. The van der Waals surface area contributed by atoms with E-state index in [0.717, 1.165) is 11.3 Å². The lowest BCUT2D eigenvalue weighted by molar-refractivity contribution is 0.278. The van der Waals surface area contributed by atoms with Crippen molar-refractivity contribution in [1.82, 2.24) is 0 Å². The van der Waals surface area contributed by atoms with E-state index < -0.39 is 0 Å². The Bertz CT molecular complexity index is 224. The summed E-state index contributed by atoms with van der Waals surface area (Å²) >= 11 is 0. The molecule has 0 aromatic rings. The molecule has 0 bridgehead atoms. The first kappa shape index (κ1) is 11.8. The molecule has 0 aromatic carbocycles. The van der Waals surface area contributed by atoms with Gasteiger partial charge in [-0.05, 0) is 11.5 Å². The van der Waals surface area contributed by atoms with E-state index in [4.69, 9.17) is 9.47 Å². The monoisotopic (exact) mass is 182 g/mol. The maximum absolute atomic E-state index is 5.17. The first-order valence-corrected chi connectivity index (χ1v) is 4.20. The molecular weight excluding hydrogens is 164 g/mol. The second-order valence-electron chi connectivity index (χ2n) is 3.06. The van der Waals surface area contributed by atoms with Crippen molar-refractivity contribution in [3.63, 3.8) is 0 Å². The Morgan fingerprint density at radius 1 is 1.15 bits per heavy atom. The Morgan fingerprint density at radius 3 is 2.00 bits per heavy atom. The molecule has 2 heteroatoms. The molecule has 0 aromatic heterocycles. The zero-order valence-corrected chi connectivity index (χ0v) is 8.89. The molecule has 0 fully saturated rings. The first-order valence-electron chi connectivity index (χ1n) is 4.20. The molecule has 0 saturated carbocycles. The number of allylic oxidation sites excluding steroid dienone is 2. The summed E-state index contributed by atoms with van der Waals surface area (Å²) in [6, 6.07) is 0. The predicted molar refractivity (Wildman–Crippen MR) is 55.2 cm³/mol.